The SMILES string of the molecule is COc1ccc(Br)cc1/C=N/NC(=O)COc1ccc(C(C)(C)C)cc1C. The third-order valence-corrected chi connectivity index (χ3v) is 4.48. The Labute approximate surface area is 168 Å². The number of hydrogen-bond donors (Lipinski definition) is 1. The molecule has 0 fully saturated rings. The van der Waals surface area contributed by atoms with Gasteiger partial charge in [0.25, 0.3) is 5.91 Å². The Bertz CT molecular complexity index is 842. The molecule has 0 aromatic heterocycles. The van der Waals surface area contributed by atoms with Crippen molar-refractivity contribution in [1.82, 2.24) is 5.43 Å². The van der Waals surface area contributed by atoms with Crippen LogP contribution in [0.15, 0.2) is 46.0 Å². The van der Waals surface area contributed by atoms with Crippen molar-refractivity contribution < 1.29 is 14.3 Å². The Kier molecular flexibility index (Phi) is 7.02. The summed E-state index contributed by atoms with van der Waals surface area (Å²) in [6, 6.07) is 11.6. The minimum absolute atomic E-state index is 0.0723. The summed E-state index contributed by atoms with van der Waals surface area (Å²) in [5, 5.41) is 3.97. The third-order valence-electron chi connectivity index (χ3n) is 3.98. The van der Waals surface area contributed by atoms with Gasteiger partial charge in [0.05, 0.1) is 13.3 Å². The minimum atomic E-state index is -0.334. The molecule has 0 aliphatic carbocycles. The van der Waals surface area contributed by atoms with Crippen molar-refractivity contribution in [2.45, 2.75) is 33.1 Å². The van der Waals surface area contributed by atoms with E-state index in [0.29, 0.717) is 11.5 Å². The molecule has 2 aromatic carbocycles. The van der Waals surface area contributed by atoms with Gasteiger partial charge in [-0.2, -0.15) is 5.10 Å². The van der Waals surface area contributed by atoms with Crippen LogP contribution >= 0.6 is 15.9 Å². The standard InChI is InChI=1S/C21H25BrN2O3/c1-14-10-16(21(2,3)4)6-8-18(14)27-13-20(25)24-23-12-15-11-17(22)7-9-19(15)26-5/h6-12H,13H2,1-5H3,(H,24,25)/b23-12+. The van der Waals surface area contributed by atoms with Gasteiger partial charge in [-0.3, -0.25) is 4.79 Å². The molecule has 6 heteroatoms. The highest BCUT2D eigenvalue weighted by molar-refractivity contribution is 9.10. The van der Waals surface area contributed by atoms with Crippen molar-refractivity contribution in [3.05, 3.63) is 57.6 Å². The summed E-state index contributed by atoms with van der Waals surface area (Å²) in [5.74, 6) is 1.03. The molecule has 0 saturated heterocycles. The maximum absolute atomic E-state index is 12.0. The maximum atomic E-state index is 12.0. The Morgan fingerprint density at radius 2 is 1.89 bits per heavy atom. The minimum Gasteiger partial charge on any atom is -0.496 e. The predicted molar refractivity (Wildman–Crippen MR) is 112 cm³/mol. The molecule has 0 atom stereocenters. The molecule has 0 radical (unpaired) electrons. The van der Waals surface area contributed by atoms with Crippen molar-refractivity contribution in [3.8, 4) is 11.5 Å². The van der Waals surface area contributed by atoms with Crippen LogP contribution in [0.5, 0.6) is 11.5 Å². The second-order valence-electron chi connectivity index (χ2n) is 7.20. The molecule has 5 nitrogen and oxygen atoms in total. The first kappa shape index (κ1) is 21.0. The first-order valence-corrected chi connectivity index (χ1v) is 9.39. The molecule has 0 aliphatic rings. The van der Waals surface area contributed by atoms with E-state index < -0.39 is 0 Å². The summed E-state index contributed by atoms with van der Waals surface area (Å²) in [5.41, 5.74) is 5.51. The highest BCUT2D eigenvalue weighted by Gasteiger charge is 2.15. The van der Waals surface area contributed by atoms with E-state index in [4.69, 9.17) is 9.47 Å². The van der Waals surface area contributed by atoms with E-state index in [1.165, 1.54) is 11.8 Å². The first-order valence-electron chi connectivity index (χ1n) is 8.60. The van der Waals surface area contributed by atoms with Gasteiger partial charge in [-0.25, -0.2) is 5.43 Å². The fourth-order valence-corrected chi connectivity index (χ4v) is 2.81. The zero-order valence-electron chi connectivity index (χ0n) is 16.3. The number of ether oxygens (including phenoxy) is 2. The number of amides is 1. The molecule has 0 spiro atoms. The van der Waals surface area contributed by atoms with Crippen molar-refractivity contribution in [3.63, 3.8) is 0 Å². The summed E-state index contributed by atoms with van der Waals surface area (Å²) in [6.45, 7) is 8.35. The van der Waals surface area contributed by atoms with Crippen LogP contribution in [0, 0.1) is 6.92 Å². The average Bonchev–Trinajstić information content (AvgIpc) is 2.60. The van der Waals surface area contributed by atoms with Crippen LogP contribution in [0.25, 0.3) is 0 Å². The lowest BCUT2D eigenvalue weighted by Crippen LogP contribution is -2.24. The third kappa shape index (κ3) is 6.10. The van der Waals surface area contributed by atoms with E-state index >= 15 is 0 Å². The van der Waals surface area contributed by atoms with Gasteiger partial charge in [0.1, 0.15) is 11.5 Å². The predicted octanol–water partition coefficient (Wildman–Crippen LogP) is 4.59. The van der Waals surface area contributed by atoms with Crippen LogP contribution in [0.2, 0.25) is 0 Å². The topological polar surface area (TPSA) is 59.9 Å². The monoisotopic (exact) mass is 432 g/mol. The van der Waals surface area contributed by atoms with Gasteiger partial charge < -0.3 is 9.47 Å². The molecule has 27 heavy (non-hydrogen) atoms. The lowest BCUT2D eigenvalue weighted by Gasteiger charge is -2.20. The number of rotatable bonds is 6. The lowest BCUT2D eigenvalue weighted by molar-refractivity contribution is -0.123. The van der Waals surface area contributed by atoms with Crippen molar-refractivity contribution in [1.29, 1.82) is 0 Å². The number of nitrogens with zero attached hydrogens (tertiary/aromatic N) is 1. The van der Waals surface area contributed by atoms with Crippen LogP contribution in [-0.4, -0.2) is 25.8 Å². The van der Waals surface area contributed by atoms with E-state index in [9.17, 15) is 4.79 Å². The molecule has 0 heterocycles. The Morgan fingerprint density at radius 1 is 1.19 bits per heavy atom. The van der Waals surface area contributed by atoms with Crippen LogP contribution in [0.1, 0.15) is 37.5 Å². The number of methoxy groups -OCH3 is 1. The molecule has 2 rings (SSSR count). The van der Waals surface area contributed by atoms with Crippen LogP contribution in [-0.2, 0) is 10.2 Å². The largest absolute Gasteiger partial charge is 0.496 e. The number of carbonyl (C=O) groups is 1. The number of aryl methyl sites for hydroxylation is 1. The molecule has 0 aliphatic heterocycles. The van der Waals surface area contributed by atoms with Crippen LogP contribution in [0.3, 0.4) is 0 Å². The van der Waals surface area contributed by atoms with Gasteiger partial charge in [-0.05, 0) is 47.7 Å². The molecule has 0 saturated carbocycles. The summed E-state index contributed by atoms with van der Waals surface area (Å²) < 4.78 is 11.8. The molecular formula is C21H25BrN2O3. The highest BCUT2D eigenvalue weighted by atomic mass is 79.9. The fourth-order valence-electron chi connectivity index (χ4n) is 2.43. The molecule has 1 N–H and O–H groups in total. The molecule has 144 valence electrons. The van der Waals surface area contributed by atoms with Gasteiger partial charge in [-0.15, -0.1) is 0 Å². The fraction of sp³-hybridized carbons (Fsp3) is 0.333. The normalized spacial score (nSPS) is 11.5. The molecule has 0 bridgehead atoms. The van der Waals surface area contributed by atoms with Gasteiger partial charge in [0, 0.05) is 10.0 Å². The lowest BCUT2D eigenvalue weighted by atomic mass is 9.86. The summed E-state index contributed by atoms with van der Waals surface area (Å²) in [4.78, 5) is 12.0. The van der Waals surface area contributed by atoms with Gasteiger partial charge in [-0.1, -0.05) is 48.8 Å². The number of hydrogen-bond acceptors (Lipinski definition) is 4. The number of carbonyl (C=O) groups excluding carboxylic acids is 1. The quantitative estimate of drug-likeness (QED) is 0.536. The van der Waals surface area contributed by atoms with Gasteiger partial charge in [0.15, 0.2) is 6.61 Å². The summed E-state index contributed by atoms with van der Waals surface area (Å²) in [6.07, 6.45) is 1.53. The number of nitrogens with one attached hydrogen (secondary N) is 1. The van der Waals surface area contributed by atoms with Gasteiger partial charge >= 0.3 is 0 Å². The van der Waals surface area contributed by atoms with E-state index in [2.05, 4.69) is 53.3 Å². The Balaban J connectivity index is 1.93. The zero-order valence-corrected chi connectivity index (χ0v) is 17.9. The van der Waals surface area contributed by atoms with Crippen molar-refractivity contribution in [2.24, 2.45) is 5.10 Å². The smallest absolute Gasteiger partial charge is 0.277 e. The molecule has 2 aromatic rings. The molecular weight excluding hydrogens is 408 g/mol. The van der Waals surface area contributed by atoms with Crippen molar-refractivity contribution >= 4 is 28.1 Å². The van der Waals surface area contributed by atoms with E-state index in [1.54, 1.807) is 7.11 Å². The number of halogens is 1. The summed E-state index contributed by atoms with van der Waals surface area (Å²) in [7, 11) is 1.58. The Hall–Kier alpha value is -2.34. The zero-order chi connectivity index (χ0) is 20.0. The van der Waals surface area contributed by atoms with Crippen molar-refractivity contribution in [2.75, 3.05) is 13.7 Å². The average molecular weight is 433 g/mol. The number of hydrazone groups is 1. The van der Waals surface area contributed by atoms with Gasteiger partial charge in [0.2, 0.25) is 0 Å². The summed E-state index contributed by atoms with van der Waals surface area (Å²) >= 11 is 3.40. The maximum Gasteiger partial charge on any atom is 0.277 e. The second kappa shape index (κ2) is 9.04. The second-order valence-corrected chi connectivity index (χ2v) is 8.11. The number of benzene rings is 2. The molecule has 1 amide bonds. The Morgan fingerprint density at radius 3 is 2.52 bits per heavy atom. The van der Waals surface area contributed by atoms with Crippen LogP contribution in [0.4, 0.5) is 0 Å². The first-order chi connectivity index (χ1) is 12.7. The van der Waals surface area contributed by atoms with E-state index in [-0.39, 0.29) is 17.9 Å². The highest BCUT2D eigenvalue weighted by Crippen LogP contribution is 2.27. The van der Waals surface area contributed by atoms with E-state index in [1.807, 2.05) is 37.3 Å². The van der Waals surface area contributed by atoms with Crippen LogP contribution < -0.4 is 14.9 Å². The van der Waals surface area contributed by atoms with E-state index in [0.717, 1.165) is 15.6 Å². The molecule has 0 unspecified atom stereocenters.